The molecule has 0 bridgehead atoms. The minimum absolute atomic E-state index is 0.240. The van der Waals surface area contributed by atoms with Crippen molar-refractivity contribution in [1.29, 1.82) is 5.26 Å². The van der Waals surface area contributed by atoms with E-state index in [1.807, 2.05) is 36.4 Å². The summed E-state index contributed by atoms with van der Waals surface area (Å²) in [6.45, 7) is 0.380. The van der Waals surface area contributed by atoms with E-state index in [2.05, 4.69) is 10.3 Å². The Kier molecular flexibility index (Phi) is 3.13. The minimum atomic E-state index is -1.32. The Bertz CT molecular complexity index is 514. The summed E-state index contributed by atoms with van der Waals surface area (Å²) in [5.74, 6) is 0. The van der Waals surface area contributed by atoms with Crippen LogP contribution < -0.4 is 5.32 Å². The highest BCUT2D eigenvalue weighted by Gasteiger charge is 2.20. The summed E-state index contributed by atoms with van der Waals surface area (Å²) in [5, 5.41) is 11.0. The zero-order valence-electron chi connectivity index (χ0n) is 8.38. The average Bonchev–Trinajstić information content (AvgIpc) is 2.64. The zero-order chi connectivity index (χ0) is 11.4. The molecule has 1 heterocycles. The van der Waals surface area contributed by atoms with Crippen molar-refractivity contribution >= 4 is 22.0 Å². The third kappa shape index (κ3) is 2.18. The number of nitrogens with zero attached hydrogens (tertiary/aromatic N) is 2. The van der Waals surface area contributed by atoms with Gasteiger partial charge in [0.05, 0.1) is 6.54 Å². The average molecular weight is 231 g/mol. The highest BCUT2D eigenvalue weighted by Crippen LogP contribution is 2.16. The smallest absolute Gasteiger partial charge is 0.205 e. The second-order valence-electron chi connectivity index (χ2n) is 3.15. The Morgan fingerprint density at radius 2 is 2.19 bits per heavy atom. The van der Waals surface area contributed by atoms with Crippen LogP contribution in [0.1, 0.15) is 5.56 Å². The second kappa shape index (κ2) is 4.73. The molecule has 1 aromatic carbocycles. The van der Waals surface area contributed by atoms with Crippen molar-refractivity contribution in [3.8, 4) is 6.19 Å². The fourth-order valence-corrected chi connectivity index (χ4v) is 2.35. The third-order valence-corrected chi connectivity index (χ3v) is 3.39. The van der Waals surface area contributed by atoms with Crippen LogP contribution >= 0.6 is 0 Å². The number of nitriles is 1. The van der Waals surface area contributed by atoms with E-state index < -0.39 is 10.8 Å². The van der Waals surface area contributed by atoms with Gasteiger partial charge >= 0.3 is 0 Å². The van der Waals surface area contributed by atoms with Crippen molar-refractivity contribution in [3.05, 3.63) is 40.8 Å². The van der Waals surface area contributed by atoms with Gasteiger partial charge in [0.25, 0.3) is 0 Å². The number of aliphatic imine (C=N–C) groups is 1. The van der Waals surface area contributed by atoms with E-state index in [1.165, 1.54) is 0 Å². The zero-order valence-corrected chi connectivity index (χ0v) is 9.20. The van der Waals surface area contributed by atoms with Crippen LogP contribution in [0.3, 0.4) is 0 Å². The van der Waals surface area contributed by atoms with Crippen LogP contribution in [0.25, 0.3) is 6.08 Å². The molecule has 0 aliphatic carbocycles. The molecular weight excluding hydrogens is 222 g/mol. The van der Waals surface area contributed by atoms with Gasteiger partial charge in [0.2, 0.25) is 5.17 Å². The molecule has 80 valence electrons. The Balaban J connectivity index is 2.19. The summed E-state index contributed by atoms with van der Waals surface area (Å²) in [5.41, 5.74) is 0.985. The van der Waals surface area contributed by atoms with Crippen LogP contribution in [0.5, 0.6) is 0 Å². The molecule has 0 radical (unpaired) electrons. The second-order valence-corrected chi connectivity index (χ2v) is 4.60. The van der Waals surface area contributed by atoms with Crippen LogP contribution in [-0.2, 0) is 10.8 Å². The molecule has 0 saturated carbocycles. The lowest BCUT2D eigenvalue weighted by Crippen LogP contribution is -2.19. The van der Waals surface area contributed by atoms with Gasteiger partial charge in [0.1, 0.15) is 10.8 Å². The van der Waals surface area contributed by atoms with Crippen molar-refractivity contribution in [2.75, 3.05) is 6.54 Å². The minimum Gasteiger partial charge on any atom is -0.269 e. The van der Waals surface area contributed by atoms with Gasteiger partial charge in [0, 0.05) is 4.91 Å². The number of benzene rings is 1. The summed E-state index contributed by atoms with van der Waals surface area (Å²) in [4.78, 5) is 4.71. The van der Waals surface area contributed by atoms with Crippen molar-refractivity contribution in [2.24, 2.45) is 4.99 Å². The van der Waals surface area contributed by atoms with Gasteiger partial charge in [-0.25, -0.2) is 4.21 Å². The third-order valence-electron chi connectivity index (χ3n) is 2.08. The Morgan fingerprint density at radius 1 is 1.44 bits per heavy atom. The standard InChI is InChI=1S/C11H9N3OS/c12-8-14-11-13-7-10(16(11)15)6-9-4-2-1-3-5-9/h1-6H,7H2,(H,13,14). The van der Waals surface area contributed by atoms with Crippen molar-refractivity contribution in [1.82, 2.24) is 5.32 Å². The highest BCUT2D eigenvalue weighted by atomic mass is 32.2. The molecule has 0 saturated heterocycles. The molecule has 2 rings (SSSR count). The maximum absolute atomic E-state index is 11.8. The molecule has 1 aliphatic rings. The number of hydrogen-bond acceptors (Lipinski definition) is 4. The first-order chi connectivity index (χ1) is 7.81. The first-order valence-electron chi connectivity index (χ1n) is 4.68. The molecule has 4 nitrogen and oxygen atoms in total. The monoisotopic (exact) mass is 231 g/mol. The van der Waals surface area contributed by atoms with E-state index in [1.54, 1.807) is 6.19 Å². The fourth-order valence-electron chi connectivity index (χ4n) is 1.36. The molecule has 1 aromatic rings. The van der Waals surface area contributed by atoms with Crippen LogP contribution in [-0.4, -0.2) is 15.9 Å². The van der Waals surface area contributed by atoms with Gasteiger partial charge in [-0.05, 0) is 11.6 Å². The lowest BCUT2D eigenvalue weighted by Gasteiger charge is -1.97. The summed E-state index contributed by atoms with van der Waals surface area (Å²) in [7, 11) is -1.32. The van der Waals surface area contributed by atoms with Gasteiger partial charge in [-0.2, -0.15) is 5.26 Å². The molecule has 5 heteroatoms. The summed E-state index contributed by atoms with van der Waals surface area (Å²) >= 11 is 0. The summed E-state index contributed by atoms with van der Waals surface area (Å²) in [6.07, 6.45) is 3.56. The van der Waals surface area contributed by atoms with Gasteiger partial charge in [-0.3, -0.25) is 10.3 Å². The molecule has 16 heavy (non-hydrogen) atoms. The number of amidine groups is 1. The van der Waals surface area contributed by atoms with E-state index in [-0.39, 0.29) is 5.17 Å². The quantitative estimate of drug-likeness (QED) is 0.583. The normalized spacial score (nSPS) is 21.6. The molecule has 0 amide bonds. The molecule has 1 N–H and O–H groups in total. The largest absolute Gasteiger partial charge is 0.269 e. The topological polar surface area (TPSA) is 65.2 Å². The summed E-state index contributed by atoms with van der Waals surface area (Å²) in [6, 6.07) is 9.62. The van der Waals surface area contributed by atoms with E-state index in [0.717, 1.165) is 5.56 Å². The van der Waals surface area contributed by atoms with Gasteiger partial charge in [-0.15, -0.1) is 0 Å². The van der Waals surface area contributed by atoms with Crippen LogP contribution in [0.4, 0.5) is 0 Å². The first-order valence-corrected chi connectivity index (χ1v) is 5.83. The lowest BCUT2D eigenvalue weighted by molar-refractivity contribution is 0.693. The molecule has 1 atom stereocenters. The van der Waals surface area contributed by atoms with Crippen LogP contribution in [0, 0.1) is 11.5 Å². The van der Waals surface area contributed by atoms with E-state index >= 15 is 0 Å². The van der Waals surface area contributed by atoms with E-state index in [4.69, 9.17) is 5.26 Å². The molecular formula is C11H9N3OS. The van der Waals surface area contributed by atoms with Gasteiger partial charge in [0.15, 0.2) is 6.19 Å². The van der Waals surface area contributed by atoms with Crippen molar-refractivity contribution in [3.63, 3.8) is 0 Å². The van der Waals surface area contributed by atoms with Crippen LogP contribution in [0.15, 0.2) is 40.2 Å². The predicted molar refractivity (Wildman–Crippen MR) is 63.6 cm³/mol. The number of hydrogen-bond donors (Lipinski definition) is 1. The van der Waals surface area contributed by atoms with E-state index in [0.29, 0.717) is 11.4 Å². The maximum atomic E-state index is 11.8. The first kappa shape index (κ1) is 10.6. The molecule has 0 aromatic heterocycles. The number of nitrogens with one attached hydrogen (secondary N) is 1. The molecule has 1 aliphatic heterocycles. The SMILES string of the molecule is N#CNC1=NCC(=Cc2ccccc2)S1=O. The molecule has 1 unspecified atom stereocenters. The maximum Gasteiger partial charge on any atom is 0.205 e. The van der Waals surface area contributed by atoms with Gasteiger partial charge < -0.3 is 0 Å². The van der Waals surface area contributed by atoms with Gasteiger partial charge in [-0.1, -0.05) is 30.3 Å². The van der Waals surface area contributed by atoms with E-state index in [9.17, 15) is 4.21 Å². The molecule has 0 spiro atoms. The van der Waals surface area contributed by atoms with Crippen molar-refractivity contribution in [2.45, 2.75) is 0 Å². The Labute approximate surface area is 95.8 Å². The molecule has 0 fully saturated rings. The lowest BCUT2D eigenvalue weighted by atomic mass is 10.2. The predicted octanol–water partition coefficient (Wildman–Crippen LogP) is 1.22. The Morgan fingerprint density at radius 3 is 2.88 bits per heavy atom. The summed E-state index contributed by atoms with van der Waals surface area (Å²) < 4.78 is 11.8. The fraction of sp³-hybridized carbons (Fsp3) is 0.0909. The Hall–Kier alpha value is -1.93. The highest BCUT2D eigenvalue weighted by molar-refractivity contribution is 8.04. The van der Waals surface area contributed by atoms with Crippen LogP contribution in [0.2, 0.25) is 0 Å². The van der Waals surface area contributed by atoms with Crippen molar-refractivity contribution < 1.29 is 4.21 Å². The number of rotatable bonds is 1.